The Morgan fingerprint density at radius 1 is 1.10 bits per heavy atom. The van der Waals surface area contributed by atoms with Crippen LogP contribution in [0.4, 0.5) is 0 Å². The molecule has 1 aromatic carbocycles. The maximum absolute atomic E-state index is 5.96. The van der Waals surface area contributed by atoms with Gasteiger partial charge in [-0.25, -0.2) is 0 Å². The molecule has 0 aliphatic carbocycles. The molecule has 2 N–H and O–H groups in total. The van der Waals surface area contributed by atoms with Gasteiger partial charge in [0.2, 0.25) is 0 Å². The zero-order chi connectivity index (χ0) is 14.4. The van der Waals surface area contributed by atoms with Gasteiger partial charge in [0.05, 0.1) is 0 Å². The second kappa shape index (κ2) is 7.17. The van der Waals surface area contributed by atoms with E-state index in [9.17, 15) is 0 Å². The summed E-state index contributed by atoms with van der Waals surface area (Å²) in [6.45, 7) is 3.73. The molecule has 0 amide bonds. The predicted molar refractivity (Wildman–Crippen MR) is 83.5 cm³/mol. The molecule has 1 heterocycles. The van der Waals surface area contributed by atoms with Crippen LogP contribution in [-0.2, 0) is 6.42 Å². The van der Waals surface area contributed by atoms with Crippen LogP contribution in [0.1, 0.15) is 22.7 Å². The SMILES string of the molecule is Cc1ccc(C(CN)N(C)CCc2ccncc2)cc1. The number of rotatable bonds is 6. The van der Waals surface area contributed by atoms with E-state index in [1.54, 1.807) is 0 Å². The summed E-state index contributed by atoms with van der Waals surface area (Å²) in [6.07, 6.45) is 4.70. The van der Waals surface area contributed by atoms with Crippen molar-refractivity contribution in [3.05, 3.63) is 65.5 Å². The zero-order valence-electron chi connectivity index (χ0n) is 12.3. The van der Waals surface area contributed by atoms with Gasteiger partial charge in [-0.05, 0) is 43.7 Å². The number of aromatic nitrogens is 1. The van der Waals surface area contributed by atoms with E-state index >= 15 is 0 Å². The monoisotopic (exact) mass is 269 g/mol. The number of pyridine rings is 1. The van der Waals surface area contributed by atoms with Crippen LogP contribution in [0.25, 0.3) is 0 Å². The van der Waals surface area contributed by atoms with Crippen LogP contribution in [-0.4, -0.2) is 30.0 Å². The Hall–Kier alpha value is -1.71. The molecule has 0 saturated heterocycles. The molecule has 1 atom stereocenters. The molecule has 0 bridgehead atoms. The highest BCUT2D eigenvalue weighted by Crippen LogP contribution is 2.19. The van der Waals surface area contributed by atoms with Gasteiger partial charge < -0.3 is 5.73 Å². The molecule has 2 aromatic rings. The van der Waals surface area contributed by atoms with Crippen molar-refractivity contribution < 1.29 is 0 Å². The number of hydrogen-bond acceptors (Lipinski definition) is 3. The number of nitrogens with zero attached hydrogens (tertiary/aromatic N) is 2. The molecule has 106 valence electrons. The molecule has 0 aliphatic rings. The lowest BCUT2D eigenvalue weighted by Crippen LogP contribution is -2.32. The van der Waals surface area contributed by atoms with Crippen molar-refractivity contribution in [3.8, 4) is 0 Å². The van der Waals surface area contributed by atoms with Crippen LogP contribution in [0.2, 0.25) is 0 Å². The Balaban J connectivity index is 1.98. The smallest absolute Gasteiger partial charge is 0.0467 e. The molecule has 3 heteroatoms. The molecule has 0 spiro atoms. The van der Waals surface area contributed by atoms with Crippen LogP contribution in [0.15, 0.2) is 48.8 Å². The fraction of sp³-hybridized carbons (Fsp3) is 0.353. The van der Waals surface area contributed by atoms with Crippen LogP contribution in [0, 0.1) is 6.92 Å². The lowest BCUT2D eigenvalue weighted by atomic mass is 10.0. The number of benzene rings is 1. The minimum Gasteiger partial charge on any atom is -0.329 e. The van der Waals surface area contributed by atoms with E-state index in [1.165, 1.54) is 16.7 Å². The summed E-state index contributed by atoms with van der Waals surface area (Å²) in [5.41, 5.74) is 9.84. The second-order valence-electron chi connectivity index (χ2n) is 5.25. The van der Waals surface area contributed by atoms with E-state index in [0.717, 1.165) is 13.0 Å². The van der Waals surface area contributed by atoms with E-state index in [1.807, 2.05) is 12.4 Å². The molecule has 0 aliphatic heterocycles. The summed E-state index contributed by atoms with van der Waals surface area (Å²) in [5.74, 6) is 0. The average molecular weight is 269 g/mol. The molecule has 0 saturated carbocycles. The maximum Gasteiger partial charge on any atom is 0.0467 e. The van der Waals surface area contributed by atoms with Gasteiger partial charge in [0.15, 0.2) is 0 Å². The molecule has 0 radical (unpaired) electrons. The van der Waals surface area contributed by atoms with E-state index in [4.69, 9.17) is 5.73 Å². The summed E-state index contributed by atoms with van der Waals surface area (Å²) >= 11 is 0. The van der Waals surface area contributed by atoms with Gasteiger partial charge in [-0.15, -0.1) is 0 Å². The predicted octanol–water partition coefficient (Wildman–Crippen LogP) is 2.56. The fourth-order valence-electron chi connectivity index (χ4n) is 2.37. The Labute approximate surface area is 121 Å². The Morgan fingerprint density at radius 2 is 1.75 bits per heavy atom. The largest absolute Gasteiger partial charge is 0.329 e. The molecule has 0 fully saturated rings. The molecular formula is C17H23N3. The topological polar surface area (TPSA) is 42.1 Å². The van der Waals surface area contributed by atoms with Gasteiger partial charge in [-0.1, -0.05) is 29.8 Å². The Bertz CT molecular complexity index is 508. The first-order valence-corrected chi connectivity index (χ1v) is 7.06. The summed E-state index contributed by atoms with van der Waals surface area (Å²) in [5, 5.41) is 0. The van der Waals surface area contributed by atoms with E-state index in [2.05, 4.69) is 60.3 Å². The first-order chi connectivity index (χ1) is 9.70. The second-order valence-corrected chi connectivity index (χ2v) is 5.25. The molecule has 1 unspecified atom stereocenters. The highest BCUT2D eigenvalue weighted by Gasteiger charge is 2.14. The third-order valence-corrected chi connectivity index (χ3v) is 3.72. The summed E-state index contributed by atoms with van der Waals surface area (Å²) in [7, 11) is 2.14. The van der Waals surface area contributed by atoms with Gasteiger partial charge in [0, 0.05) is 31.5 Å². The first kappa shape index (κ1) is 14.7. The third-order valence-electron chi connectivity index (χ3n) is 3.72. The fourth-order valence-corrected chi connectivity index (χ4v) is 2.37. The van der Waals surface area contributed by atoms with Gasteiger partial charge >= 0.3 is 0 Å². The van der Waals surface area contributed by atoms with Gasteiger partial charge in [-0.3, -0.25) is 9.88 Å². The van der Waals surface area contributed by atoms with Crippen molar-refractivity contribution in [1.82, 2.24) is 9.88 Å². The minimum absolute atomic E-state index is 0.275. The lowest BCUT2D eigenvalue weighted by molar-refractivity contribution is 0.253. The molecule has 1 aromatic heterocycles. The van der Waals surface area contributed by atoms with Gasteiger partial charge in [0.1, 0.15) is 0 Å². The number of nitrogens with two attached hydrogens (primary N) is 1. The van der Waals surface area contributed by atoms with Crippen molar-refractivity contribution in [2.75, 3.05) is 20.1 Å². The third kappa shape index (κ3) is 3.89. The zero-order valence-corrected chi connectivity index (χ0v) is 12.3. The maximum atomic E-state index is 5.96. The minimum atomic E-state index is 0.275. The first-order valence-electron chi connectivity index (χ1n) is 7.06. The van der Waals surface area contributed by atoms with E-state index in [0.29, 0.717) is 6.54 Å². The van der Waals surface area contributed by atoms with Crippen molar-refractivity contribution >= 4 is 0 Å². The van der Waals surface area contributed by atoms with Gasteiger partial charge in [-0.2, -0.15) is 0 Å². The van der Waals surface area contributed by atoms with E-state index in [-0.39, 0.29) is 6.04 Å². The highest BCUT2D eigenvalue weighted by atomic mass is 15.1. The van der Waals surface area contributed by atoms with Crippen LogP contribution < -0.4 is 5.73 Å². The van der Waals surface area contributed by atoms with Crippen LogP contribution in [0.5, 0.6) is 0 Å². The lowest BCUT2D eigenvalue weighted by Gasteiger charge is -2.27. The van der Waals surface area contributed by atoms with Crippen molar-refractivity contribution in [2.45, 2.75) is 19.4 Å². The van der Waals surface area contributed by atoms with Crippen LogP contribution in [0.3, 0.4) is 0 Å². The standard InChI is InChI=1S/C17H23N3/c1-14-3-5-16(6-4-14)17(13-18)20(2)12-9-15-7-10-19-11-8-15/h3-8,10-11,17H,9,12-13,18H2,1-2H3. The van der Waals surface area contributed by atoms with Gasteiger partial charge in [0.25, 0.3) is 0 Å². The highest BCUT2D eigenvalue weighted by molar-refractivity contribution is 5.24. The molecule has 3 nitrogen and oxygen atoms in total. The summed E-state index contributed by atoms with van der Waals surface area (Å²) in [4.78, 5) is 6.37. The molecular weight excluding hydrogens is 246 g/mol. The van der Waals surface area contributed by atoms with Crippen LogP contribution >= 0.6 is 0 Å². The summed E-state index contributed by atoms with van der Waals surface area (Å²) < 4.78 is 0. The normalized spacial score (nSPS) is 12.6. The van der Waals surface area contributed by atoms with Crippen molar-refractivity contribution in [2.24, 2.45) is 5.73 Å². The van der Waals surface area contributed by atoms with Crippen molar-refractivity contribution in [3.63, 3.8) is 0 Å². The van der Waals surface area contributed by atoms with Crippen molar-refractivity contribution in [1.29, 1.82) is 0 Å². The summed E-state index contributed by atoms with van der Waals surface area (Å²) in [6, 6.07) is 13.1. The number of aryl methyl sites for hydroxylation is 1. The number of likely N-dealkylation sites (N-methyl/N-ethyl adjacent to an activating group) is 1. The molecule has 20 heavy (non-hydrogen) atoms. The number of hydrogen-bond donors (Lipinski definition) is 1. The average Bonchev–Trinajstić information content (AvgIpc) is 2.49. The molecule has 2 rings (SSSR count). The van der Waals surface area contributed by atoms with E-state index < -0.39 is 0 Å². The quantitative estimate of drug-likeness (QED) is 0.876. The Morgan fingerprint density at radius 3 is 2.35 bits per heavy atom. The Kier molecular flexibility index (Phi) is 5.27.